The summed E-state index contributed by atoms with van der Waals surface area (Å²) in [7, 11) is 1.60. The highest BCUT2D eigenvalue weighted by Gasteiger charge is 2.29. The van der Waals surface area contributed by atoms with Crippen LogP contribution in [-0.4, -0.2) is 43.5 Å². The van der Waals surface area contributed by atoms with Gasteiger partial charge in [0, 0.05) is 18.7 Å². The van der Waals surface area contributed by atoms with Gasteiger partial charge in [-0.1, -0.05) is 19.9 Å². The van der Waals surface area contributed by atoms with E-state index in [9.17, 15) is 14.0 Å². The minimum Gasteiger partial charge on any atom is -0.493 e. The third kappa shape index (κ3) is 6.46. The lowest BCUT2D eigenvalue weighted by molar-refractivity contribution is -0.127. The number of carbonyl (C=O) groups excluding carboxylic acids is 2. The van der Waals surface area contributed by atoms with E-state index in [0.717, 1.165) is 18.4 Å². The smallest absolute Gasteiger partial charge is 0.253 e. The van der Waals surface area contributed by atoms with E-state index in [0.29, 0.717) is 42.7 Å². The maximum atomic E-state index is 13.2. The Balaban J connectivity index is 1.61. The predicted octanol–water partition coefficient (Wildman–Crippen LogP) is 4.60. The summed E-state index contributed by atoms with van der Waals surface area (Å²) in [5.74, 6) is 0.769. The Morgan fingerprint density at radius 2 is 1.85 bits per heavy atom. The number of methoxy groups -OCH3 is 1. The Hall–Kier alpha value is -3.09. The lowest BCUT2D eigenvalue weighted by atomic mass is 9.95. The molecular weight excluding hydrogens is 423 g/mol. The van der Waals surface area contributed by atoms with E-state index in [1.807, 2.05) is 25.1 Å². The van der Waals surface area contributed by atoms with Crippen LogP contribution in [-0.2, 0) is 4.79 Å². The molecule has 1 saturated heterocycles. The zero-order valence-corrected chi connectivity index (χ0v) is 19.8. The number of rotatable bonds is 8. The first-order chi connectivity index (χ1) is 15.8. The number of carbonyl (C=O) groups is 2. The van der Waals surface area contributed by atoms with Crippen LogP contribution in [0.3, 0.4) is 0 Å². The van der Waals surface area contributed by atoms with E-state index < -0.39 is 0 Å². The summed E-state index contributed by atoms with van der Waals surface area (Å²) in [5, 5.41) is 3.07. The van der Waals surface area contributed by atoms with Crippen LogP contribution in [0.2, 0.25) is 0 Å². The number of ether oxygens (including phenoxy) is 2. The molecule has 7 heteroatoms. The van der Waals surface area contributed by atoms with Gasteiger partial charge in [-0.3, -0.25) is 9.59 Å². The standard InChI is InChI=1S/C26H33FN2O4/c1-17(2)16-33-23-12-9-20(14-24(23)32-4)18(3)28-25(30)21-6-5-13-29(15-21)26(31)19-7-10-22(27)11-8-19/h7-12,14,17-18,21H,5-6,13,15-16H2,1-4H3,(H,28,30). The van der Waals surface area contributed by atoms with Gasteiger partial charge in [0.05, 0.1) is 25.7 Å². The summed E-state index contributed by atoms with van der Waals surface area (Å²) < 4.78 is 24.5. The number of benzene rings is 2. The van der Waals surface area contributed by atoms with Gasteiger partial charge in [-0.25, -0.2) is 4.39 Å². The highest BCUT2D eigenvalue weighted by molar-refractivity contribution is 5.94. The fourth-order valence-electron chi connectivity index (χ4n) is 3.89. The minimum absolute atomic E-state index is 0.0850. The van der Waals surface area contributed by atoms with Crippen LogP contribution >= 0.6 is 0 Å². The van der Waals surface area contributed by atoms with Crippen molar-refractivity contribution in [1.29, 1.82) is 0 Å². The van der Waals surface area contributed by atoms with Gasteiger partial charge < -0.3 is 19.7 Å². The summed E-state index contributed by atoms with van der Waals surface area (Å²) in [6.07, 6.45) is 1.46. The molecule has 2 aromatic carbocycles. The number of likely N-dealkylation sites (tertiary alicyclic amines) is 1. The summed E-state index contributed by atoms with van der Waals surface area (Å²) >= 11 is 0. The Morgan fingerprint density at radius 3 is 2.52 bits per heavy atom. The van der Waals surface area contributed by atoms with Crippen LogP contribution in [0.25, 0.3) is 0 Å². The highest BCUT2D eigenvalue weighted by Crippen LogP contribution is 2.31. The van der Waals surface area contributed by atoms with Crippen molar-refractivity contribution in [2.75, 3.05) is 26.8 Å². The Labute approximate surface area is 195 Å². The molecule has 33 heavy (non-hydrogen) atoms. The molecule has 0 saturated carbocycles. The lowest BCUT2D eigenvalue weighted by Crippen LogP contribution is -2.45. The molecule has 178 valence electrons. The van der Waals surface area contributed by atoms with Gasteiger partial charge in [0.2, 0.25) is 5.91 Å². The number of halogens is 1. The van der Waals surface area contributed by atoms with E-state index >= 15 is 0 Å². The van der Waals surface area contributed by atoms with Gasteiger partial charge in [0.1, 0.15) is 5.82 Å². The molecule has 1 fully saturated rings. The van der Waals surface area contributed by atoms with Gasteiger partial charge in [-0.15, -0.1) is 0 Å². The summed E-state index contributed by atoms with van der Waals surface area (Å²) in [4.78, 5) is 27.4. The van der Waals surface area contributed by atoms with Crippen LogP contribution in [0.4, 0.5) is 4.39 Å². The maximum Gasteiger partial charge on any atom is 0.253 e. The number of hydrogen-bond donors (Lipinski definition) is 1. The van der Waals surface area contributed by atoms with Gasteiger partial charge in [0.25, 0.3) is 5.91 Å². The molecule has 0 radical (unpaired) electrons. The zero-order chi connectivity index (χ0) is 24.0. The van der Waals surface area contributed by atoms with Crippen molar-refractivity contribution in [3.8, 4) is 11.5 Å². The monoisotopic (exact) mass is 456 g/mol. The molecule has 2 atom stereocenters. The van der Waals surface area contributed by atoms with Crippen molar-refractivity contribution >= 4 is 11.8 Å². The molecule has 6 nitrogen and oxygen atoms in total. The number of hydrogen-bond acceptors (Lipinski definition) is 4. The molecule has 2 aromatic rings. The third-order valence-corrected chi connectivity index (χ3v) is 5.79. The first-order valence-electron chi connectivity index (χ1n) is 11.4. The second-order valence-electron chi connectivity index (χ2n) is 8.94. The second kappa shape index (κ2) is 11.2. The second-order valence-corrected chi connectivity index (χ2v) is 8.94. The normalized spacial score (nSPS) is 16.9. The van der Waals surface area contributed by atoms with E-state index in [4.69, 9.17) is 9.47 Å². The fourth-order valence-corrected chi connectivity index (χ4v) is 3.89. The lowest BCUT2D eigenvalue weighted by Gasteiger charge is -2.32. The van der Waals surface area contributed by atoms with Gasteiger partial charge in [-0.2, -0.15) is 0 Å². The van der Waals surface area contributed by atoms with Crippen LogP contribution in [0, 0.1) is 17.7 Å². The highest BCUT2D eigenvalue weighted by atomic mass is 19.1. The molecule has 1 heterocycles. The molecule has 2 unspecified atom stereocenters. The van der Waals surface area contributed by atoms with Gasteiger partial charge in [0.15, 0.2) is 11.5 Å². The van der Waals surface area contributed by atoms with Crippen molar-refractivity contribution in [3.05, 3.63) is 59.4 Å². The number of piperidine rings is 1. The largest absolute Gasteiger partial charge is 0.493 e. The summed E-state index contributed by atoms with van der Waals surface area (Å²) in [6.45, 7) is 7.61. The molecule has 2 amide bonds. The van der Waals surface area contributed by atoms with Crippen molar-refractivity contribution in [2.45, 2.75) is 39.7 Å². The number of amides is 2. The number of nitrogens with one attached hydrogen (secondary N) is 1. The molecule has 1 aliphatic rings. The molecule has 0 aliphatic carbocycles. The molecule has 0 spiro atoms. The minimum atomic E-state index is -0.382. The average molecular weight is 457 g/mol. The van der Waals surface area contributed by atoms with E-state index in [-0.39, 0.29) is 29.6 Å². The van der Waals surface area contributed by atoms with E-state index in [1.165, 1.54) is 24.3 Å². The third-order valence-electron chi connectivity index (χ3n) is 5.79. The van der Waals surface area contributed by atoms with Crippen LogP contribution in [0.15, 0.2) is 42.5 Å². The van der Waals surface area contributed by atoms with Gasteiger partial charge >= 0.3 is 0 Å². The van der Waals surface area contributed by atoms with Crippen molar-refractivity contribution in [2.24, 2.45) is 11.8 Å². The van der Waals surface area contributed by atoms with Gasteiger partial charge in [-0.05, 0) is 67.6 Å². The molecule has 1 N–H and O–H groups in total. The van der Waals surface area contributed by atoms with Crippen molar-refractivity contribution in [3.63, 3.8) is 0 Å². The molecule has 3 rings (SSSR count). The average Bonchev–Trinajstić information content (AvgIpc) is 2.82. The first-order valence-corrected chi connectivity index (χ1v) is 11.4. The predicted molar refractivity (Wildman–Crippen MR) is 125 cm³/mol. The summed E-state index contributed by atoms with van der Waals surface area (Å²) in [6, 6.07) is 10.9. The maximum absolute atomic E-state index is 13.2. The molecule has 1 aliphatic heterocycles. The van der Waals surface area contributed by atoms with Crippen LogP contribution in [0.5, 0.6) is 11.5 Å². The zero-order valence-electron chi connectivity index (χ0n) is 19.8. The fraction of sp³-hybridized carbons (Fsp3) is 0.462. The molecule has 0 aromatic heterocycles. The Bertz CT molecular complexity index is 961. The van der Waals surface area contributed by atoms with Crippen LogP contribution < -0.4 is 14.8 Å². The quantitative estimate of drug-likeness (QED) is 0.631. The molecular formula is C26H33FN2O4. The molecule has 0 bridgehead atoms. The topological polar surface area (TPSA) is 67.9 Å². The van der Waals surface area contributed by atoms with Crippen molar-refractivity contribution < 1.29 is 23.5 Å². The number of nitrogens with zero attached hydrogens (tertiary/aromatic N) is 1. The van der Waals surface area contributed by atoms with Crippen LogP contribution in [0.1, 0.15) is 55.6 Å². The summed E-state index contributed by atoms with van der Waals surface area (Å²) in [5.41, 5.74) is 1.34. The Kier molecular flexibility index (Phi) is 8.31. The first kappa shape index (κ1) is 24.6. The Morgan fingerprint density at radius 1 is 1.12 bits per heavy atom. The van der Waals surface area contributed by atoms with E-state index in [1.54, 1.807) is 12.0 Å². The SMILES string of the molecule is COc1cc(C(C)NC(=O)C2CCCN(C(=O)c3ccc(F)cc3)C2)ccc1OCC(C)C. The van der Waals surface area contributed by atoms with Crippen molar-refractivity contribution in [1.82, 2.24) is 10.2 Å². The van der Waals surface area contributed by atoms with E-state index in [2.05, 4.69) is 19.2 Å².